The van der Waals surface area contributed by atoms with Gasteiger partial charge in [-0.2, -0.15) is 10.4 Å². The molecule has 0 bridgehead atoms. The smallest absolute Gasteiger partial charge is 0.407 e. The molecule has 0 radical (unpaired) electrons. The zero-order valence-corrected chi connectivity index (χ0v) is 26.6. The number of hydrogen-bond donors (Lipinski definition) is 1. The Morgan fingerprint density at radius 1 is 1.09 bits per heavy atom. The molecule has 5 rings (SSSR count). The van der Waals surface area contributed by atoms with Gasteiger partial charge in [0.1, 0.15) is 18.0 Å². The first-order valence-corrected chi connectivity index (χ1v) is 15.9. The maximum absolute atomic E-state index is 14.2. The number of pyridine rings is 2. The van der Waals surface area contributed by atoms with Crippen molar-refractivity contribution in [1.29, 1.82) is 5.26 Å². The van der Waals surface area contributed by atoms with E-state index >= 15 is 0 Å². The number of hydrogen-bond acceptors (Lipinski definition) is 8. The summed E-state index contributed by atoms with van der Waals surface area (Å²) < 4.78 is 12.7. The molecule has 3 heterocycles. The van der Waals surface area contributed by atoms with Crippen LogP contribution in [0.2, 0.25) is 0 Å². The van der Waals surface area contributed by atoms with Crippen LogP contribution in [0.1, 0.15) is 88.6 Å². The van der Waals surface area contributed by atoms with Gasteiger partial charge in [0, 0.05) is 55.1 Å². The average molecular weight is 614 g/mol. The minimum Gasteiger partial charge on any atom is -0.494 e. The van der Waals surface area contributed by atoms with E-state index in [1.165, 1.54) is 0 Å². The Labute approximate surface area is 264 Å². The van der Waals surface area contributed by atoms with Crippen molar-refractivity contribution in [1.82, 2.24) is 25.1 Å². The topological polar surface area (TPSA) is 135 Å². The van der Waals surface area contributed by atoms with E-state index in [2.05, 4.69) is 35.3 Å². The summed E-state index contributed by atoms with van der Waals surface area (Å²) in [6.07, 6.45) is 11.4. The Hall–Kier alpha value is -4.46. The summed E-state index contributed by atoms with van der Waals surface area (Å²) in [4.78, 5) is 37.1. The molecule has 2 aliphatic rings. The summed E-state index contributed by atoms with van der Waals surface area (Å²) in [5, 5.41) is 16.5. The monoisotopic (exact) mass is 613 g/mol. The predicted molar refractivity (Wildman–Crippen MR) is 170 cm³/mol. The van der Waals surface area contributed by atoms with Crippen molar-refractivity contribution in [2.45, 2.75) is 83.3 Å². The number of rotatable bonds is 9. The van der Waals surface area contributed by atoms with Gasteiger partial charge in [-0.25, -0.2) is 14.8 Å². The number of nitrogens with zero attached hydrogens (tertiary/aromatic N) is 6. The van der Waals surface area contributed by atoms with Crippen LogP contribution in [0.4, 0.5) is 10.6 Å². The predicted octanol–water partition coefficient (Wildman–Crippen LogP) is 6.02. The Morgan fingerprint density at radius 3 is 2.49 bits per heavy atom. The molecule has 238 valence electrons. The fourth-order valence-corrected chi connectivity index (χ4v) is 6.50. The van der Waals surface area contributed by atoms with Gasteiger partial charge in [0.2, 0.25) is 5.91 Å². The number of ether oxygens (including phenoxy) is 2. The molecule has 3 aromatic rings. The summed E-state index contributed by atoms with van der Waals surface area (Å²) in [7, 11) is 3.10. The van der Waals surface area contributed by atoms with E-state index in [1.807, 2.05) is 46.2 Å². The van der Waals surface area contributed by atoms with Gasteiger partial charge < -0.3 is 14.8 Å². The first-order valence-electron chi connectivity index (χ1n) is 15.9. The maximum Gasteiger partial charge on any atom is 0.407 e. The van der Waals surface area contributed by atoms with Crippen molar-refractivity contribution >= 4 is 17.8 Å². The Bertz CT molecular complexity index is 1510. The molecule has 0 spiro atoms. The summed E-state index contributed by atoms with van der Waals surface area (Å²) in [6.45, 7) is 4.76. The second-order valence-corrected chi connectivity index (χ2v) is 12.4. The van der Waals surface area contributed by atoms with E-state index in [9.17, 15) is 14.9 Å². The highest BCUT2D eigenvalue weighted by Gasteiger charge is 2.34. The lowest BCUT2D eigenvalue weighted by atomic mass is 9.79. The lowest BCUT2D eigenvalue weighted by Crippen LogP contribution is -2.42. The fourth-order valence-electron chi connectivity index (χ4n) is 6.50. The third-order valence-electron chi connectivity index (χ3n) is 9.16. The van der Waals surface area contributed by atoms with Crippen LogP contribution in [-0.2, 0) is 9.53 Å². The van der Waals surface area contributed by atoms with Gasteiger partial charge in [0.25, 0.3) is 0 Å². The van der Waals surface area contributed by atoms with Crippen molar-refractivity contribution in [3.8, 4) is 22.9 Å². The van der Waals surface area contributed by atoms with Gasteiger partial charge in [-0.15, -0.1) is 0 Å². The van der Waals surface area contributed by atoms with Crippen molar-refractivity contribution in [2.75, 3.05) is 25.6 Å². The van der Waals surface area contributed by atoms with E-state index in [0.29, 0.717) is 55.4 Å². The molecule has 1 N–H and O–H groups in total. The largest absolute Gasteiger partial charge is 0.494 e. The molecular formula is C34H43N7O4. The van der Waals surface area contributed by atoms with Crippen molar-refractivity contribution in [2.24, 2.45) is 11.8 Å². The van der Waals surface area contributed by atoms with Crippen LogP contribution in [-0.4, -0.2) is 58.6 Å². The molecule has 45 heavy (non-hydrogen) atoms. The standard InChI is InChI=1S/C34H43N7O4/c1-22(2)41-21-27(19-38-41)26-15-16-37-32(17-26)40(33(42)25-9-11-28(12-10-25)45-34(43)36-3)20-23-5-7-24(8-6-23)29-13-14-31(44-4)30(18-35)39-29/h13-17,19,21-25,28H,5-12,20H2,1-4H3,(H,36,43). The molecule has 11 nitrogen and oxygen atoms in total. The molecule has 0 aromatic carbocycles. The molecule has 0 atom stereocenters. The van der Waals surface area contributed by atoms with Crippen LogP contribution in [0.3, 0.4) is 0 Å². The number of nitrogens with one attached hydrogen (secondary N) is 1. The normalized spacial score (nSPS) is 21.5. The van der Waals surface area contributed by atoms with Gasteiger partial charge in [-0.1, -0.05) is 0 Å². The lowest BCUT2D eigenvalue weighted by Gasteiger charge is -2.35. The zero-order chi connectivity index (χ0) is 31.9. The van der Waals surface area contributed by atoms with E-state index in [1.54, 1.807) is 20.4 Å². The van der Waals surface area contributed by atoms with E-state index in [4.69, 9.17) is 14.5 Å². The maximum atomic E-state index is 14.2. The number of carbonyl (C=O) groups excluding carboxylic acids is 2. The molecule has 0 unspecified atom stereocenters. The minimum absolute atomic E-state index is 0.0773. The van der Waals surface area contributed by atoms with E-state index < -0.39 is 6.09 Å². The SMILES string of the molecule is CNC(=O)OC1CCC(C(=O)N(CC2CCC(c3ccc(OC)c(C#N)n3)CC2)c2cc(-c3cnn(C(C)C)c3)ccn2)CC1. The van der Waals surface area contributed by atoms with Crippen LogP contribution >= 0.6 is 0 Å². The highest BCUT2D eigenvalue weighted by atomic mass is 16.6. The quantitative estimate of drug-likeness (QED) is 0.309. The molecule has 2 amide bonds. The number of aromatic nitrogens is 4. The summed E-state index contributed by atoms with van der Waals surface area (Å²) >= 11 is 0. The van der Waals surface area contributed by atoms with Gasteiger partial charge in [-0.05, 0) is 101 Å². The molecule has 2 fully saturated rings. The fraction of sp³-hybridized carbons (Fsp3) is 0.529. The van der Waals surface area contributed by atoms with Crippen molar-refractivity contribution < 1.29 is 19.1 Å². The molecule has 0 aliphatic heterocycles. The average Bonchev–Trinajstić information content (AvgIpc) is 3.58. The third kappa shape index (κ3) is 7.62. The van der Waals surface area contributed by atoms with Gasteiger partial charge >= 0.3 is 6.09 Å². The number of nitriles is 1. The van der Waals surface area contributed by atoms with E-state index in [0.717, 1.165) is 42.5 Å². The number of carbonyl (C=O) groups is 2. The van der Waals surface area contributed by atoms with Gasteiger partial charge in [0.15, 0.2) is 11.4 Å². The Kier molecular flexibility index (Phi) is 10.3. The van der Waals surface area contributed by atoms with Crippen LogP contribution < -0.4 is 15.0 Å². The first kappa shape index (κ1) is 31.9. The minimum atomic E-state index is -0.433. The van der Waals surface area contributed by atoms with Crippen molar-refractivity contribution in [3.05, 3.63) is 54.2 Å². The van der Waals surface area contributed by atoms with Gasteiger partial charge in [0.05, 0.1) is 13.3 Å². The highest BCUT2D eigenvalue weighted by molar-refractivity contribution is 5.94. The Morgan fingerprint density at radius 2 is 1.84 bits per heavy atom. The summed E-state index contributed by atoms with van der Waals surface area (Å²) in [5.41, 5.74) is 3.19. The number of methoxy groups -OCH3 is 1. The first-order chi connectivity index (χ1) is 21.8. The Balaban J connectivity index is 1.32. The van der Waals surface area contributed by atoms with Gasteiger partial charge in [-0.3, -0.25) is 14.4 Å². The summed E-state index contributed by atoms with van der Waals surface area (Å²) in [5.74, 6) is 1.63. The second-order valence-electron chi connectivity index (χ2n) is 12.4. The molecule has 0 saturated heterocycles. The van der Waals surface area contributed by atoms with Crippen LogP contribution in [0.15, 0.2) is 42.9 Å². The number of alkyl carbamates (subject to hydrolysis) is 1. The number of anilines is 1. The van der Waals surface area contributed by atoms with Crippen LogP contribution in [0.5, 0.6) is 5.75 Å². The number of amides is 2. The second kappa shape index (κ2) is 14.5. The zero-order valence-electron chi connectivity index (χ0n) is 26.6. The van der Waals surface area contributed by atoms with Crippen LogP contribution in [0.25, 0.3) is 11.1 Å². The van der Waals surface area contributed by atoms with Crippen LogP contribution in [0, 0.1) is 23.2 Å². The molecule has 3 aromatic heterocycles. The lowest BCUT2D eigenvalue weighted by molar-refractivity contribution is -0.124. The molecule has 2 saturated carbocycles. The van der Waals surface area contributed by atoms with Crippen molar-refractivity contribution in [3.63, 3.8) is 0 Å². The molecule has 11 heteroatoms. The molecular weight excluding hydrogens is 570 g/mol. The molecule has 2 aliphatic carbocycles. The third-order valence-corrected chi connectivity index (χ3v) is 9.16. The highest BCUT2D eigenvalue weighted by Crippen LogP contribution is 2.38. The van der Waals surface area contributed by atoms with E-state index in [-0.39, 0.29) is 29.9 Å². The summed E-state index contributed by atoms with van der Waals surface area (Å²) in [6, 6.07) is 10.1.